The van der Waals surface area contributed by atoms with Crippen molar-refractivity contribution in [3.05, 3.63) is 66.0 Å². The molecule has 2 aromatic carbocycles. The molecule has 0 aliphatic heterocycles. The predicted octanol–water partition coefficient (Wildman–Crippen LogP) is 3.71. The zero-order valence-corrected chi connectivity index (χ0v) is 11.2. The number of rotatable bonds is 3. The number of aliphatic hydroxyl groups excluding tert-OH is 1. The highest BCUT2D eigenvalue weighted by Crippen LogP contribution is 2.26. The van der Waals surface area contributed by atoms with Gasteiger partial charge in [0, 0.05) is 12.2 Å². The van der Waals surface area contributed by atoms with Gasteiger partial charge in [-0.25, -0.2) is 0 Å². The van der Waals surface area contributed by atoms with Gasteiger partial charge in [-0.05, 0) is 46.5 Å². The lowest BCUT2D eigenvalue weighted by Gasteiger charge is -2.06. The molecule has 0 aliphatic rings. The molecule has 0 radical (unpaired) electrons. The number of fused-ring (bicyclic) bond motifs is 1. The van der Waals surface area contributed by atoms with Crippen molar-refractivity contribution in [3.8, 4) is 11.1 Å². The fourth-order valence-corrected chi connectivity index (χ4v) is 2.37. The molecule has 0 saturated carbocycles. The first kappa shape index (κ1) is 13.6. The second-order valence-electron chi connectivity index (χ2n) is 4.84. The molecule has 0 amide bonds. The smallest absolute Gasteiger partial charge is 0.223 e. The molecular formula is C17H13F2NO. The maximum Gasteiger partial charge on any atom is 0.223 e. The normalized spacial score (nSPS) is 11.0. The maximum atomic E-state index is 13.7. The van der Waals surface area contributed by atoms with Gasteiger partial charge in [-0.2, -0.15) is 13.8 Å². The summed E-state index contributed by atoms with van der Waals surface area (Å²) in [4.78, 5) is 3.21. The molecule has 1 N–H and O–H groups in total. The van der Waals surface area contributed by atoms with Gasteiger partial charge in [0.15, 0.2) is 0 Å². The summed E-state index contributed by atoms with van der Waals surface area (Å²) in [6, 6.07) is 13.9. The average Bonchev–Trinajstić information content (AvgIpc) is 2.47. The summed E-state index contributed by atoms with van der Waals surface area (Å²) in [7, 11) is 0. The molecule has 21 heavy (non-hydrogen) atoms. The number of halogens is 2. The minimum Gasteiger partial charge on any atom is -0.396 e. The summed E-state index contributed by atoms with van der Waals surface area (Å²) in [5.74, 6) is -1.64. The second-order valence-corrected chi connectivity index (χ2v) is 4.84. The molecule has 0 bridgehead atoms. The monoisotopic (exact) mass is 285 g/mol. The molecule has 0 aliphatic carbocycles. The number of nitrogens with zero attached hydrogens (tertiary/aromatic N) is 1. The van der Waals surface area contributed by atoms with Gasteiger partial charge in [0.05, 0.1) is 0 Å². The molecule has 2 nitrogen and oxygen atoms in total. The van der Waals surface area contributed by atoms with E-state index in [2.05, 4.69) is 4.98 Å². The molecule has 0 fully saturated rings. The first-order valence-electron chi connectivity index (χ1n) is 6.63. The summed E-state index contributed by atoms with van der Waals surface area (Å²) >= 11 is 0. The Morgan fingerprint density at radius 1 is 0.905 bits per heavy atom. The molecule has 1 heterocycles. The molecule has 3 aromatic rings. The first-order valence-corrected chi connectivity index (χ1v) is 6.63. The molecule has 4 heteroatoms. The highest BCUT2D eigenvalue weighted by molar-refractivity contribution is 5.87. The number of aliphatic hydroxyl groups is 1. The Balaban J connectivity index is 2.06. The van der Waals surface area contributed by atoms with E-state index in [9.17, 15) is 8.78 Å². The highest BCUT2D eigenvalue weighted by atomic mass is 19.1. The van der Waals surface area contributed by atoms with Gasteiger partial charge in [-0.15, -0.1) is 0 Å². The van der Waals surface area contributed by atoms with E-state index < -0.39 is 11.9 Å². The van der Waals surface area contributed by atoms with Crippen LogP contribution < -0.4 is 0 Å². The Morgan fingerprint density at radius 3 is 2.43 bits per heavy atom. The second kappa shape index (κ2) is 5.58. The van der Waals surface area contributed by atoms with Crippen molar-refractivity contribution in [2.75, 3.05) is 6.61 Å². The topological polar surface area (TPSA) is 33.1 Å². The van der Waals surface area contributed by atoms with E-state index in [1.54, 1.807) is 6.07 Å². The number of hydrogen-bond donors (Lipinski definition) is 1. The third kappa shape index (κ3) is 2.76. The quantitative estimate of drug-likeness (QED) is 0.744. The molecule has 0 spiro atoms. The van der Waals surface area contributed by atoms with Crippen LogP contribution in [0.4, 0.5) is 8.78 Å². The van der Waals surface area contributed by atoms with E-state index in [-0.39, 0.29) is 12.2 Å². The molecule has 106 valence electrons. The van der Waals surface area contributed by atoms with Crippen LogP contribution in [0.1, 0.15) is 5.56 Å². The van der Waals surface area contributed by atoms with E-state index in [0.717, 1.165) is 22.4 Å². The van der Waals surface area contributed by atoms with Crippen molar-refractivity contribution < 1.29 is 13.9 Å². The minimum atomic E-state index is -0.828. The molecule has 0 atom stereocenters. The standard InChI is InChI=1S/C17H13F2NO/c18-16-6-5-15(17(19)20-16)14-4-3-12-9-11(7-8-21)1-2-13(12)10-14/h1-6,9-10,21H,7-8H2. The fourth-order valence-electron chi connectivity index (χ4n) is 2.37. The lowest BCUT2D eigenvalue weighted by atomic mass is 10.00. The Morgan fingerprint density at radius 2 is 1.67 bits per heavy atom. The summed E-state index contributed by atoms with van der Waals surface area (Å²) in [6.45, 7) is 0.107. The fraction of sp³-hybridized carbons (Fsp3) is 0.118. The van der Waals surface area contributed by atoms with E-state index in [4.69, 9.17) is 5.11 Å². The Labute approximate surface area is 120 Å². The summed E-state index contributed by atoms with van der Waals surface area (Å²) in [5.41, 5.74) is 1.98. The van der Waals surface area contributed by atoms with Gasteiger partial charge in [-0.3, -0.25) is 0 Å². The zero-order chi connectivity index (χ0) is 14.8. The van der Waals surface area contributed by atoms with Gasteiger partial charge in [-0.1, -0.05) is 30.3 Å². The third-order valence-corrected chi connectivity index (χ3v) is 3.43. The Bertz CT molecular complexity index is 802. The van der Waals surface area contributed by atoms with Crippen LogP contribution in [0.2, 0.25) is 0 Å². The van der Waals surface area contributed by atoms with Crippen molar-refractivity contribution in [1.82, 2.24) is 4.98 Å². The summed E-state index contributed by atoms with van der Waals surface area (Å²) < 4.78 is 26.6. The summed E-state index contributed by atoms with van der Waals surface area (Å²) in [6.07, 6.45) is 0.605. The SMILES string of the molecule is OCCc1ccc2cc(-c3ccc(F)nc3F)ccc2c1. The van der Waals surface area contributed by atoms with Crippen LogP contribution in [-0.2, 0) is 6.42 Å². The predicted molar refractivity (Wildman–Crippen MR) is 77.9 cm³/mol. The Hall–Kier alpha value is -2.33. The van der Waals surface area contributed by atoms with Crippen molar-refractivity contribution in [2.24, 2.45) is 0 Å². The van der Waals surface area contributed by atoms with Crippen LogP contribution in [-0.4, -0.2) is 16.7 Å². The largest absolute Gasteiger partial charge is 0.396 e. The number of benzene rings is 2. The van der Waals surface area contributed by atoms with Crippen molar-refractivity contribution >= 4 is 10.8 Å². The van der Waals surface area contributed by atoms with E-state index >= 15 is 0 Å². The zero-order valence-electron chi connectivity index (χ0n) is 11.2. The van der Waals surface area contributed by atoms with Crippen LogP contribution in [0.5, 0.6) is 0 Å². The van der Waals surface area contributed by atoms with Gasteiger partial charge in [0.25, 0.3) is 0 Å². The van der Waals surface area contributed by atoms with Crippen molar-refractivity contribution in [3.63, 3.8) is 0 Å². The first-order chi connectivity index (χ1) is 10.2. The Kier molecular flexibility index (Phi) is 3.62. The molecule has 0 saturated heterocycles. The van der Waals surface area contributed by atoms with Crippen molar-refractivity contribution in [2.45, 2.75) is 6.42 Å². The number of aromatic nitrogens is 1. The summed E-state index contributed by atoms with van der Waals surface area (Å²) in [5, 5.41) is 10.9. The molecule has 1 aromatic heterocycles. The van der Waals surface area contributed by atoms with Gasteiger partial charge in [0.2, 0.25) is 11.9 Å². The van der Waals surface area contributed by atoms with Gasteiger partial charge < -0.3 is 5.11 Å². The maximum absolute atomic E-state index is 13.7. The third-order valence-electron chi connectivity index (χ3n) is 3.43. The van der Waals surface area contributed by atoms with Crippen LogP contribution in [0.25, 0.3) is 21.9 Å². The van der Waals surface area contributed by atoms with Gasteiger partial charge in [0.1, 0.15) is 0 Å². The lowest BCUT2D eigenvalue weighted by molar-refractivity contribution is 0.299. The van der Waals surface area contributed by atoms with Crippen molar-refractivity contribution in [1.29, 1.82) is 0 Å². The van der Waals surface area contributed by atoms with E-state index in [0.29, 0.717) is 12.0 Å². The van der Waals surface area contributed by atoms with E-state index in [1.807, 2.05) is 30.3 Å². The lowest BCUT2D eigenvalue weighted by Crippen LogP contribution is -1.93. The molecule has 0 unspecified atom stereocenters. The van der Waals surface area contributed by atoms with Crippen LogP contribution in [0.3, 0.4) is 0 Å². The average molecular weight is 285 g/mol. The van der Waals surface area contributed by atoms with E-state index in [1.165, 1.54) is 6.07 Å². The van der Waals surface area contributed by atoms with Gasteiger partial charge >= 0.3 is 0 Å². The van der Waals surface area contributed by atoms with Crippen LogP contribution >= 0.6 is 0 Å². The van der Waals surface area contributed by atoms with Crippen LogP contribution in [0.15, 0.2) is 48.5 Å². The molecule has 3 rings (SSSR count). The highest BCUT2D eigenvalue weighted by Gasteiger charge is 2.08. The number of pyridine rings is 1. The number of hydrogen-bond acceptors (Lipinski definition) is 2. The minimum absolute atomic E-state index is 0.107. The van der Waals surface area contributed by atoms with Crippen LogP contribution in [0, 0.1) is 11.9 Å². The molecular weight excluding hydrogens is 272 g/mol.